The molecule has 0 aromatic heterocycles. The van der Waals surface area contributed by atoms with Crippen LogP contribution in [0.5, 0.6) is 0 Å². The van der Waals surface area contributed by atoms with E-state index in [0.29, 0.717) is 5.56 Å². The van der Waals surface area contributed by atoms with Crippen LogP contribution in [0.2, 0.25) is 0 Å². The Morgan fingerprint density at radius 1 is 0.652 bits per heavy atom. The Hall–Kier alpha value is -4.82. The molecule has 8 N–H and O–H groups in total. The monoisotopic (exact) mass is 638 g/mol. The number of hydrogen-bond donors (Lipinski definition) is 8. The minimum Gasteiger partial charge on any atom is -0.396 e. The van der Waals surface area contributed by atoms with Crippen molar-refractivity contribution in [3.8, 4) is 0 Å². The maximum Gasteiger partial charge on any atom is 0.245 e. The van der Waals surface area contributed by atoms with Gasteiger partial charge in [-0.05, 0) is 30.4 Å². The molecule has 1 aliphatic heterocycles. The SMILES string of the molecule is C[C@@H]1NC(=O)[C@H](Cc2ccccc2)NC(=O)[C@H](Cc2ccccc2)NC(=O)[C@H]([C@@H](C)CCO)NC(=O)[C@H](CO)NC(=O)CNC1=O. The van der Waals surface area contributed by atoms with Gasteiger partial charge in [-0.25, -0.2) is 0 Å². The normalized spacial score (nSPS) is 24.6. The van der Waals surface area contributed by atoms with Gasteiger partial charge in [0, 0.05) is 19.4 Å². The third-order valence-corrected chi connectivity index (χ3v) is 7.57. The Bertz CT molecular complexity index is 1360. The number of amides is 6. The van der Waals surface area contributed by atoms with Gasteiger partial charge in [0.2, 0.25) is 35.4 Å². The molecule has 0 radical (unpaired) electrons. The standard InChI is InChI=1S/C32H42N6O8/c1-19(13-14-39)27-32(46)37-24(16-22-11-7-4-8-12-22)30(44)36-23(15-21-9-5-3-6-10-21)29(43)34-20(2)28(42)33-17-26(41)35-25(18-40)31(45)38-27/h3-12,19-20,23-25,27,39-40H,13-18H2,1-2H3,(H,33,42)(H,34,43)(H,35,41)(H,36,44)(H,37,46)(H,38,45)/t19-,20-,23-,24-,25-,27-/m0/s1. The second-order valence-electron chi connectivity index (χ2n) is 11.2. The molecule has 0 aliphatic carbocycles. The van der Waals surface area contributed by atoms with Crippen molar-refractivity contribution in [3.63, 3.8) is 0 Å². The summed E-state index contributed by atoms with van der Waals surface area (Å²) in [5, 5.41) is 34.6. The molecule has 14 nitrogen and oxygen atoms in total. The maximum absolute atomic E-state index is 13.9. The highest BCUT2D eigenvalue weighted by Gasteiger charge is 2.34. The van der Waals surface area contributed by atoms with Gasteiger partial charge in [-0.3, -0.25) is 28.8 Å². The van der Waals surface area contributed by atoms with Crippen LogP contribution in [0.1, 0.15) is 31.4 Å². The Kier molecular flexibility index (Phi) is 13.7. The molecule has 1 saturated heterocycles. The molecule has 6 atom stereocenters. The lowest BCUT2D eigenvalue weighted by Gasteiger charge is -2.29. The average molecular weight is 639 g/mol. The zero-order valence-electron chi connectivity index (χ0n) is 25.8. The van der Waals surface area contributed by atoms with E-state index in [1.165, 1.54) is 6.92 Å². The number of aliphatic hydroxyl groups excluding tert-OH is 2. The fraction of sp³-hybridized carbons (Fsp3) is 0.438. The van der Waals surface area contributed by atoms with Crippen molar-refractivity contribution in [2.45, 2.75) is 63.3 Å². The Morgan fingerprint density at radius 2 is 1.15 bits per heavy atom. The van der Waals surface area contributed by atoms with Gasteiger partial charge < -0.3 is 42.1 Å². The van der Waals surface area contributed by atoms with Gasteiger partial charge in [0.05, 0.1) is 13.2 Å². The van der Waals surface area contributed by atoms with Crippen LogP contribution in [-0.2, 0) is 41.6 Å². The minimum atomic E-state index is -1.47. The predicted octanol–water partition coefficient (Wildman–Crippen LogP) is -1.94. The smallest absolute Gasteiger partial charge is 0.245 e. The van der Waals surface area contributed by atoms with Gasteiger partial charge in [0.15, 0.2) is 0 Å². The van der Waals surface area contributed by atoms with Crippen LogP contribution in [0.3, 0.4) is 0 Å². The van der Waals surface area contributed by atoms with E-state index < -0.39 is 84.7 Å². The molecule has 6 amide bonds. The highest BCUT2D eigenvalue weighted by Crippen LogP contribution is 2.12. The van der Waals surface area contributed by atoms with Crippen LogP contribution in [-0.4, -0.2) is 95.6 Å². The first-order valence-corrected chi connectivity index (χ1v) is 15.1. The molecule has 46 heavy (non-hydrogen) atoms. The number of carbonyl (C=O) groups excluding carboxylic acids is 6. The van der Waals surface area contributed by atoms with Crippen LogP contribution in [0.25, 0.3) is 0 Å². The summed E-state index contributed by atoms with van der Waals surface area (Å²) in [6.07, 6.45) is 0.199. The lowest BCUT2D eigenvalue weighted by molar-refractivity contribution is -0.136. The van der Waals surface area contributed by atoms with Gasteiger partial charge in [-0.1, -0.05) is 67.6 Å². The number of hydrogen-bond acceptors (Lipinski definition) is 8. The average Bonchev–Trinajstić information content (AvgIpc) is 3.04. The van der Waals surface area contributed by atoms with E-state index in [4.69, 9.17) is 0 Å². The van der Waals surface area contributed by atoms with E-state index in [2.05, 4.69) is 31.9 Å². The van der Waals surface area contributed by atoms with Crippen molar-refractivity contribution in [2.24, 2.45) is 5.92 Å². The second kappa shape index (κ2) is 17.6. The molecule has 248 valence electrons. The second-order valence-corrected chi connectivity index (χ2v) is 11.2. The molecular formula is C32H42N6O8. The van der Waals surface area contributed by atoms with E-state index >= 15 is 0 Å². The summed E-state index contributed by atoms with van der Waals surface area (Å²) in [6.45, 7) is 1.33. The molecule has 3 rings (SSSR count). The third kappa shape index (κ3) is 10.7. The first-order valence-electron chi connectivity index (χ1n) is 15.1. The van der Waals surface area contributed by atoms with Gasteiger partial charge >= 0.3 is 0 Å². The summed E-state index contributed by atoms with van der Waals surface area (Å²) >= 11 is 0. The molecule has 14 heteroatoms. The van der Waals surface area contributed by atoms with Gasteiger partial charge in [0.1, 0.15) is 30.2 Å². The molecule has 2 aromatic carbocycles. The van der Waals surface area contributed by atoms with Crippen LogP contribution in [0, 0.1) is 5.92 Å². The molecule has 2 aromatic rings. The molecule has 1 aliphatic rings. The Labute approximate surface area is 267 Å². The summed E-state index contributed by atoms with van der Waals surface area (Å²) < 4.78 is 0. The Balaban J connectivity index is 2.02. The molecule has 1 fully saturated rings. The Morgan fingerprint density at radius 3 is 1.67 bits per heavy atom. The maximum atomic E-state index is 13.9. The fourth-order valence-electron chi connectivity index (χ4n) is 4.88. The van der Waals surface area contributed by atoms with Crippen molar-refractivity contribution in [1.82, 2.24) is 31.9 Å². The van der Waals surface area contributed by atoms with Crippen LogP contribution in [0.4, 0.5) is 0 Å². The van der Waals surface area contributed by atoms with Crippen LogP contribution in [0.15, 0.2) is 60.7 Å². The highest BCUT2D eigenvalue weighted by atomic mass is 16.3. The summed E-state index contributed by atoms with van der Waals surface area (Å²) in [5.41, 5.74) is 1.42. The van der Waals surface area contributed by atoms with E-state index in [1.807, 2.05) is 0 Å². The van der Waals surface area contributed by atoms with Gasteiger partial charge in [-0.2, -0.15) is 0 Å². The van der Waals surface area contributed by atoms with E-state index in [0.717, 1.165) is 5.56 Å². The van der Waals surface area contributed by atoms with Gasteiger partial charge in [-0.15, -0.1) is 0 Å². The van der Waals surface area contributed by atoms with Gasteiger partial charge in [0.25, 0.3) is 0 Å². The fourth-order valence-corrected chi connectivity index (χ4v) is 4.88. The lowest BCUT2D eigenvalue weighted by atomic mass is 9.96. The summed E-state index contributed by atoms with van der Waals surface area (Å²) in [7, 11) is 0. The largest absolute Gasteiger partial charge is 0.396 e. The quantitative estimate of drug-likeness (QED) is 0.162. The summed E-state index contributed by atoms with van der Waals surface area (Å²) in [5.74, 6) is -5.13. The molecule has 1 heterocycles. The van der Waals surface area contributed by atoms with E-state index in [-0.39, 0.29) is 25.9 Å². The van der Waals surface area contributed by atoms with Crippen molar-refractivity contribution in [2.75, 3.05) is 19.8 Å². The van der Waals surface area contributed by atoms with E-state index in [1.54, 1.807) is 67.6 Å². The summed E-state index contributed by atoms with van der Waals surface area (Å²) in [4.78, 5) is 79.4. The van der Waals surface area contributed by atoms with Crippen molar-refractivity contribution < 1.29 is 39.0 Å². The van der Waals surface area contributed by atoms with Crippen LogP contribution < -0.4 is 31.9 Å². The molecule has 0 saturated carbocycles. The molecule has 0 unspecified atom stereocenters. The number of aliphatic hydroxyl groups is 2. The topological polar surface area (TPSA) is 215 Å². The number of rotatable bonds is 8. The number of nitrogens with one attached hydrogen (secondary N) is 6. The molecular weight excluding hydrogens is 596 g/mol. The van der Waals surface area contributed by atoms with Crippen molar-refractivity contribution in [3.05, 3.63) is 71.8 Å². The highest BCUT2D eigenvalue weighted by molar-refractivity contribution is 5.97. The number of benzene rings is 2. The lowest BCUT2D eigenvalue weighted by Crippen LogP contribution is -2.61. The van der Waals surface area contributed by atoms with E-state index in [9.17, 15) is 39.0 Å². The van der Waals surface area contributed by atoms with Crippen molar-refractivity contribution >= 4 is 35.4 Å². The van der Waals surface area contributed by atoms with Crippen LogP contribution >= 0.6 is 0 Å². The zero-order chi connectivity index (χ0) is 33.6. The first-order chi connectivity index (χ1) is 22.0. The zero-order valence-corrected chi connectivity index (χ0v) is 25.8. The predicted molar refractivity (Wildman–Crippen MR) is 167 cm³/mol. The molecule has 0 spiro atoms. The summed E-state index contributed by atoms with van der Waals surface area (Å²) in [6, 6.07) is 11.5. The third-order valence-electron chi connectivity index (χ3n) is 7.57. The van der Waals surface area contributed by atoms with Crippen molar-refractivity contribution in [1.29, 1.82) is 0 Å². The first kappa shape index (κ1) is 35.7. The number of carbonyl (C=O) groups is 6. The molecule has 0 bridgehead atoms. The minimum absolute atomic E-state index is 0.0290.